The Morgan fingerprint density at radius 2 is 1.93 bits per heavy atom. The molecule has 2 heterocycles. The Bertz CT molecular complexity index is 1070. The number of aromatic nitrogens is 4. The van der Waals surface area contributed by atoms with Gasteiger partial charge in [-0.3, -0.25) is 4.79 Å². The first kappa shape index (κ1) is 17.3. The fourth-order valence-corrected chi connectivity index (χ4v) is 3.77. The van der Waals surface area contributed by atoms with Gasteiger partial charge in [0.2, 0.25) is 0 Å². The van der Waals surface area contributed by atoms with E-state index in [1.54, 1.807) is 6.07 Å². The summed E-state index contributed by atoms with van der Waals surface area (Å²) >= 11 is 0. The van der Waals surface area contributed by atoms with E-state index >= 15 is 0 Å². The Hall–Kier alpha value is -2.80. The van der Waals surface area contributed by atoms with Crippen LogP contribution in [0.4, 0.5) is 5.82 Å². The first-order valence-electron chi connectivity index (χ1n) is 10.0. The van der Waals surface area contributed by atoms with Gasteiger partial charge in [0, 0.05) is 42.6 Å². The summed E-state index contributed by atoms with van der Waals surface area (Å²) in [5.74, 6) is 3.45. The highest BCUT2D eigenvalue weighted by molar-refractivity contribution is 5.77. The van der Waals surface area contributed by atoms with Gasteiger partial charge in [0.25, 0.3) is 5.56 Å². The van der Waals surface area contributed by atoms with Gasteiger partial charge in [-0.25, -0.2) is 15.0 Å². The van der Waals surface area contributed by atoms with Crippen LogP contribution in [0.5, 0.6) is 0 Å². The molecule has 0 unspecified atom stereocenters. The topological polar surface area (TPSA) is 110 Å². The lowest BCUT2D eigenvalue weighted by Crippen LogP contribution is -2.35. The smallest absolute Gasteiger partial charge is 0.258 e. The van der Waals surface area contributed by atoms with Gasteiger partial charge in [-0.05, 0) is 37.8 Å². The number of hydrogen-bond donors (Lipinski definition) is 3. The number of anilines is 1. The van der Waals surface area contributed by atoms with Crippen molar-refractivity contribution in [2.45, 2.75) is 50.0 Å². The second-order valence-electron chi connectivity index (χ2n) is 7.95. The van der Waals surface area contributed by atoms with E-state index in [4.69, 9.17) is 15.7 Å². The minimum atomic E-state index is -0.0951. The number of nitrogens with two attached hydrogens (primary N) is 1. The predicted molar refractivity (Wildman–Crippen MR) is 109 cm³/mol. The van der Waals surface area contributed by atoms with Crippen LogP contribution in [-0.2, 0) is 6.42 Å². The second kappa shape index (κ2) is 6.98. The Kier molecular flexibility index (Phi) is 4.31. The maximum atomic E-state index is 12.2. The van der Waals surface area contributed by atoms with Crippen LogP contribution in [0.3, 0.4) is 0 Å². The lowest BCUT2D eigenvalue weighted by atomic mass is 9.78. The molecule has 0 bridgehead atoms. The van der Waals surface area contributed by atoms with Crippen LogP contribution < -0.4 is 16.6 Å². The number of nitrogens with one attached hydrogen (secondary N) is 2. The quantitative estimate of drug-likeness (QED) is 0.610. The lowest BCUT2D eigenvalue weighted by molar-refractivity contribution is 0.344. The summed E-state index contributed by atoms with van der Waals surface area (Å²) in [7, 11) is 0. The number of nitrogens with zero attached hydrogens (tertiary/aromatic N) is 3. The first-order valence-corrected chi connectivity index (χ1v) is 10.0. The van der Waals surface area contributed by atoms with Gasteiger partial charge in [0.05, 0.1) is 10.9 Å². The summed E-state index contributed by atoms with van der Waals surface area (Å²) < 4.78 is 0. The van der Waals surface area contributed by atoms with E-state index in [-0.39, 0.29) is 5.56 Å². The molecule has 7 nitrogen and oxygen atoms in total. The SMILES string of the molecule is NC1CC(c2cc(NCCc3nc4ccccc4c(=O)[nH]3)nc(C3CC3)n2)C1. The summed E-state index contributed by atoms with van der Waals surface area (Å²) in [5, 5.41) is 4.01. The molecule has 2 fully saturated rings. The average molecular weight is 376 g/mol. The number of aromatic amines is 1. The number of benzene rings is 1. The summed E-state index contributed by atoms with van der Waals surface area (Å²) in [6.07, 6.45) is 4.97. The van der Waals surface area contributed by atoms with Gasteiger partial charge < -0.3 is 16.0 Å². The number of H-pyrrole nitrogens is 1. The molecule has 7 heteroatoms. The molecule has 0 atom stereocenters. The third-order valence-electron chi connectivity index (χ3n) is 5.63. The standard InChI is InChI=1S/C21H24N6O/c22-14-9-13(10-14)17-11-19(26-20(25-17)12-5-6-12)23-8-7-18-24-16-4-2-1-3-15(16)21(28)27-18/h1-4,11-14H,5-10,22H2,(H,23,25,26)(H,24,27,28). The monoisotopic (exact) mass is 376 g/mol. The van der Waals surface area contributed by atoms with Crippen molar-refractivity contribution in [2.24, 2.45) is 5.73 Å². The van der Waals surface area contributed by atoms with Crippen molar-refractivity contribution in [1.82, 2.24) is 19.9 Å². The van der Waals surface area contributed by atoms with E-state index in [9.17, 15) is 4.79 Å². The molecule has 2 saturated carbocycles. The van der Waals surface area contributed by atoms with E-state index < -0.39 is 0 Å². The summed E-state index contributed by atoms with van der Waals surface area (Å²) in [4.78, 5) is 29.1. The molecule has 5 rings (SSSR count). The van der Waals surface area contributed by atoms with Crippen molar-refractivity contribution in [2.75, 3.05) is 11.9 Å². The Morgan fingerprint density at radius 3 is 2.71 bits per heavy atom. The summed E-state index contributed by atoms with van der Waals surface area (Å²) in [6, 6.07) is 9.75. The molecule has 0 aliphatic heterocycles. The van der Waals surface area contributed by atoms with Crippen molar-refractivity contribution in [3.8, 4) is 0 Å². The molecule has 4 N–H and O–H groups in total. The third-order valence-corrected chi connectivity index (χ3v) is 5.63. The van der Waals surface area contributed by atoms with E-state index in [1.807, 2.05) is 18.2 Å². The zero-order valence-corrected chi connectivity index (χ0v) is 15.7. The molecule has 0 radical (unpaired) electrons. The molecular weight excluding hydrogens is 352 g/mol. The number of para-hydroxylation sites is 1. The minimum absolute atomic E-state index is 0.0951. The second-order valence-corrected chi connectivity index (χ2v) is 7.95. The number of rotatable bonds is 6. The van der Waals surface area contributed by atoms with Gasteiger partial charge in [0.15, 0.2) is 0 Å². The molecule has 1 aromatic carbocycles. The largest absolute Gasteiger partial charge is 0.370 e. The number of fused-ring (bicyclic) bond motifs is 1. The van der Waals surface area contributed by atoms with Gasteiger partial charge in [-0.2, -0.15) is 0 Å². The zero-order chi connectivity index (χ0) is 19.1. The fourth-order valence-electron chi connectivity index (χ4n) is 3.77. The van der Waals surface area contributed by atoms with Gasteiger partial charge >= 0.3 is 0 Å². The molecular formula is C21H24N6O. The summed E-state index contributed by atoms with van der Waals surface area (Å²) in [6.45, 7) is 0.645. The molecule has 0 amide bonds. The van der Waals surface area contributed by atoms with Crippen LogP contribution in [0.25, 0.3) is 10.9 Å². The van der Waals surface area contributed by atoms with Crippen molar-refractivity contribution in [1.29, 1.82) is 0 Å². The van der Waals surface area contributed by atoms with Crippen molar-refractivity contribution in [3.63, 3.8) is 0 Å². The zero-order valence-electron chi connectivity index (χ0n) is 15.7. The Morgan fingerprint density at radius 1 is 1.11 bits per heavy atom. The molecule has 144 valence electrons. The van der Waals surface area contributed by atoms with E-state index in [0.29, 0.717) is 42.1 Å². The van der Waals surface area contributed by atoms with Crippen molar-refractivity contribution < 1.29 is 0 Å². The van der Waals surface area contributed by atoms with Gasteiger partial charge in [-0.1, -0.05) is 12.1 Å². The van der Waals surface area contributed by atoms with Gasteiger partial charge in [0.1, 0.15) is 17.5 Å². The van der Waals surface area contributed by atoms with Crippen LogP contribution >= 0.6 is 0 Å². The van der Waals surface area contributed by atoms with E-state index in [0.717, 1.165) is 35.7 Å². The molecule has 0 saturated heterocycles. The predicted octanol–water partition coefficient (Wildman–Crippen LogP) is 2.45. The molecule has 2 aliphatic carbocycles. The Balaban J connectivity index is 1.30. The average Bonchev–Trinajstić information content (AvgIpc) is 3.51. The van der Waals surface area contributed by atoms with Crippen LogP contribution in [-0.4, -0.2) is 32.5 Å². The lowest BCUT2D eigenvalue weighted by Gasteiger charge is -2.32. The first-order chi connectivity index (χ1) is 13.7. The maximum absolute atomic E-state index is 12.2. The molecule has 28 heavy (non-hydrogen) atoms. The van der Waals surface area contributed by atoms with E-state index in [1.165, 1.54) is 12.8 Å². The molecule has 0 spiro atoms. The third kappa shape index (κ3) is 3.49. The normalized spacial score (nSPS) is 21.5. The highest BCUT2D eigenvalue weighted by Crippen LogP contribution is 2.41. The fraction of sp³-hybridized carbons (Fsp3) is 0.429. The van der Waals surface area contributed by atoms with Crippen molar-refractivity contribution in [3.05, 3.63) is 58.0 Å². The van der Waals surface area contributed by atoms with Crippen LogP contribution in [0, 0.1) is 0 Å². The van der Waals surface area contributed by atoms with Gasteiger partial charge in [-0.15, -0.1) is 0 Å². The molecule has 3 aromatic rings. The number of hydrogen-bond acceptors (Lipinski definition) is 6. The van der Waals surface area contributed by atoms with E-state index in [2.05, 4.69) is 21.4 Å². The van der Waals surface area contributed by atoms with Crippen molar-refractivity contribution >= 4 is 16.7 Å². The highest BCUT2D eigenvalue weighted by Gasteiger charge is 2.32. The Labute approximate surface area is 162 Å². The van der Waals surface area contributed by atoms with Crippen LogP contribution in [0.2, 0.25) is 0 Å². The minimum Gasteiger partial charge on any atom is -0.370 e. The maximum Gasteiger partial charge on any atom is 0.258 e. The van der Waals surface area contributed by atoms with Crippen LogP contribution in [0.1, 0.15) is 54.9 Å². The molecule has 2 aliphatic rings. The highest BCUT2D eigenvalue weighted by atomic mass is 16.1. The molecule has 2 aromatic heterocycles. The van der Waals surface area contributed by atoms with Crippen LogP contribution in [0.15, 0.2) is 35.1 Å². The summed E-state index contributed by atoms with van der Waals surface area (Å²) in [5.41, 5.74) is 7.70.